The highest BCUT2D eigenvalue weighted by atomic mass is 32.2. The van der Waals surface area contributed by atoms with Crippen LogP contribution >= 0.6 is 0 Å². The zero-order chi connectivity index (χ0) is 12.2. The van der Waals surface area contributed by atoms with Crippen LogP contribution < -0.4 is 5.32 Å². The molecule has 0 saturated heterocycles. The zero-order valence-electron chi connectivity index (χ0n) is 8.60. The average molecular weight is 238 g/mol. The van der Waals surface area contributed by atoms with Crippen LogP contribution in [0.25, 0.3) is 0 Å². The second-order valence-electron chi connectivity index (χ2n) is 2.97. The maximum atomic E-state index is 11.7. The fraction of sp³-hybridized carbons (Fsp3) is 0.200. The standard InChI is InChI=1S/C10H10N2O3S/c1-2-16(14,15)9-6-4-3-5-8(9)10(13)12-7-11/h3-6H,2H2,1H3,(H,12,13). The summed E-state index contributed by atoms with van der Waals surface area (Å²) in [7, 11) is -3.46. The number of benzene rings is 1. The summed E-state index contributed by atoms with van der Waals surface area (Å²) in [4.78, 5) is 11.4. The molecule has 1 N–H and O–H groups in total. The van der Waals surface area contributed by atoms with E-state index in [-0.39, 0.29) is 16.2 Å². The third kappa shape index (κ3) is 2.38. The van der Waals surface area contributed by atoms with Crippen LogP contribution in [0, 0.1) is 11.5 Å². The van der Waals surface area contributed by atoms with E-state index in [1.54, 1.807) is 6.07 Å². The lowest BCUT2D eigenvalue weighted by Gasteiger charge is -2.06. The van der Waals surface area contributed by atoms with Crippen molar-refractivity contribution in [2.75, 3.05) is 5.75 Å². The topological polar surface area (TPSA) is 87.0 Å². The molecule has 0 aliphatic heterocycles. The molecular weight excluding hydrogens is 228 g/mol. The summed E-state index contributed by atoms with van der Waals surface area (Å²) in [6.45, 7) is 1.49. The van der Waals surface area contributed by atoms with E-state index in [4.69, 9.17) is 5.26 Å². The van der Waals surface area contributed by atoms with Crippen molar-refractivity contribution in [3.05, 3.63) is 29.8 Å². The van der Waals surface area contributed by atoms with Crippen LogP contribution in [-0.2, 0) is 9.84 Å². The van der Waals surface area contributed by atoms with Crippen LogP contribution in [0.4, 0.5) is 0 Å². The van der Waals surface area contributed by atoms with Gasteiger partial charge in [-0.25, -0.2) is 8.42 Å². The lowest BCUT2D eigenvalue weighted by Crippen LogP contribution is -2.20. The van der Waals surface area contributed by atoms with Crippen LogP contribution in [0.1, 0.15) is 17.3 Å². The van der Waals surface area contributed by atoms with E-state index in [9.17, 15) is 13.2 Å². The van der Waals surface area contributed by atoms with Gasteiger partial charge in [0, 0.05) is 0 Å². The van der Waals surface area contributed by atoms with Gasteiger partial charge in [-0.3, -0.25) is 10.1 Å². The van der Waals surface area contributed by atoms with Crippen molar-refractivity contribution < 1.29 is 13.2 Å². The maximum absolute atomic E-state index is 11.7. The fourth-order valence-corrected chi connectivity index (χ4v) is 2.29. The van der Waals surface area contributed by atoms with Crippen molar-refractivity contribution >= 4 is 15.7 Å². The Hall–Kier alpha value is -1.87. The number of sulfone groups is 1. The molecule has 0 aromatic heterocycles. The normalized spacial score (nSPS) is 10.5. The smallest absolute Gasteiger partial charge is 0.265 e. The predicted octanol–water partition coefficient (Wildman–Crippen LogP) is 0.691. The van der Waals surface area contributed by atoms with E-state index in [0.717, 1.165) is 0 Å². The molecule has 0 unspecified atom stereocenters. The summed E-state index contributed by atoms with van der Waals surface area (Å²) >= 11 is 0. The fourth-order valence-electron chi connectivity index (χ4n) is 1.20. The molecule has 5 nitrogen and oxygen atoms in total. The lowest BCUT2D eigenvalue weighted by atomic mass is 10.2. The minimum absolute atomic E-state index is 0.00843. The highest BCUT2D eigenvalue weighted by Crippen LogP contribution is 2.16. The van der Waals surface area contributed by atoms with Gasteiger partial charge in [0.1, 0.15) is 0 Å². The number of nitrogens with one attached hydrogen (secondary N) is 1. The summed E-state index contributed by atoms with van der Waals surface area (Å²) in [5.74, 6) is -0.806. The maximum Gasteiger partial charge on any atom is 0.265 e. The first kappa shape index (κ1) is 12.2. The van der Waals surface area contributed by atoms with E-state index >= 15 is 0 Å². The van der Waals surface area contributed by atoms with E-state index < -0.39 is 15.7 Å². The average Bonchev–Trinajstić information content (AvgIpc) is 2.29. The van der Waals surface area contributed by atoms with Crippen LogP contribution in [-0.4, -0.2) is 20.1 Å². The molecule has 0 heterocycles. The van der Waals surface area contributed by atoms with Crippen LogP contribution in [0.3, 0.4) is 0 Å². The number of amides is 1. The summed E-state index contributed by atoms with van der Waals surface area (Å²) in [5.41, 5.74) is -0.00843. The molecule has 0 saturated carbocycles. The predicted molar refractivity (Wildman–Crippen MR) is 57.2 cm³/mol. The van der Waals surface area contributed by atoms with Gasteiger partial charge in [-0.2, -0.15) is 5.26 Å². The largest absolute Gasteiger partial charge is 0.268 e. The SMILES string of the molecule is CCS(=O)(=O)c1ccccc1C(=O)NC#N. The summed E-state index contributed by atoms with van der Waals surface area (Å²) < 4.78 is 23.3. The monoisotopic (exact) mass is 238 g/mol. The Morgan fingerprint density at radius 2 is 2.06 bits per heavy atom. The van der Waals surface area contributed by atoms with Gasteiger partial charge in [-0.15, -0.1) is 0 Å². The molecule has 6 heteroatoms. The van der Waals surface area contributed by atoms with E-state index in [2.05, 4.69) is 0 Å². The molecule has 1 aromatic carbocycles. The summed E-state index contributed by atoms with van der Waals surface area (Å²) in [6, 6.07) is 5.80. The number of carbonyl (C=O) groups excluding carboxylic acids is 1. The molecule has 1 amide bonds. The summed E-state index contributed by atoms with van der Waals surface area (Å²) in [6.07, 6.45) is 1.47. The van der Waals surface area contributed by atoms with Crippen LogP contribution in [0.15, 0.2) is 29.2 Å². The summed E-state index contributed by atoms with van der Waals surface area (Å²) in [5, 5.41) is 10.2. The van der Waals surface area contributed by atoms with Crippen LogP contribution in [0.5, 0.6) is 0 Å². The first-order valence-corrected chi connectivity index (χ1v) is 6.19. The number of nitrogens with zero attached hydrogens (tertiary/aromatic N) is 1. The van der Waals surface area contributed by atoms with Crippen molar-refractivity contribution in [3.8, 4) is 6.19 Å². The van der Waals surface area contributed by atoms with Crippen molar-refractivity contribution in [2.24, 2.45) is 0 Å². The van der Waals surface area contributed by atoms with Gasteiger partial charge >= 0.3 is 0 Å². The van der Waals surface area contributed by atoms with Gasteiger partial charge in [-0.05, 0) is 12.1 Å². The Kier molecular flexibility index (Phi) is 3.64. The number of nitriles is 1. The van der Waals surface area contributed by atoms with Crippen molar-refractivity contribution in [2.45, 2.75) is 11.8 Å². The highest BCUT2D eigenvalue weighted by Gasteiger charge is 2.19. The van der Waals surface area contributed by atoms with Gasteiger partial charge in [0.2, 0.25) is 0 Å². The van der Waals surface area contributed by atoms with E-state index in [1.807, 2.05) is 5.32 Å². The zero-order valence-corrected chi connectivity index (χ0v) is 9.41. The number of carbonyl (C=O) groups is 1. The van der Waals surface area contributed by atoms with Gasteiger partial charge in [0.15, 0.2) is 16.0 Å². The Bertz CT molecular complexity index is 543. The highest BCUT2D eigenvalue weighted by molar-refractivity contribution is 7.91. The lowest BCUT2D eigenvalue weighted by molar-refractivity contribution is 0.0969. The number of rotatable bonds is 3. The molecule has 1 rings (SSSR count). The third-order valence-electron chi connectivity index (χ3n) is 2.02. The minimum Gasteiger partial charge on any atom is -0.268 e. The second-order valence-corrected chi connectivity index (χ2v) is 5.21. The molecule has 0 fully saturated rings. The van der Waals surface area contributed by atoms with Gasteiger partial charge in [-0.1, -0.05) is 19.1 Å². The molecule has 16 heavy (non-hydrogen) atoms. The minimum atomic E-state index is -3.46. The second kappa shape index (κ2) is 4.77. The van der Waals surface area contributed by atoms with Gasteiger partial charge < -0.3 is 0 Å². The van der Waals surface area contributed by atoms with E-state index in [1.165, 1.54) is 31.3 Å². The first-order valence-electron chi connectivity index (χ1n) is 4.54. The Balaban J connectivity index is 3.33. The van der Waals surface area contributed by atoms with Crippen molar-refractivity contribution in [1.82, 2.24) is 5.32 Å². The number of hydrogen-bond donors (Lipinski definition) is 1. The van der Waals surface area contributed by atoms with Gasteiger partial charge in [0.05, 0.1) is 16.2 Å². The number of hydrogen-bond acceptors (Lipinski definition) is 4. The molecule has 0 atom stereocenters. The molecule has 0 aliphatic carbocycles. The molecular formula is C10H10N2O3S. The van der Waals surface area contributed by atoms with E-state index in [0.29, 0.717) is 0 Å². The van der Waals surface area contributed by atoms with Crippen molar-refractivity contribution in [3.63, 3.8) is 0 Å². The Labute approximate surface area is 93.6 Å². The third-order valence-corrected chi connectivity index (χ3v) is 3.80. The first-order chi connectivity index (χ1) is 7.53. The Morgan fingerprint density at radius 3 is 2.62 bits per heavy atom. The van der Waals surface area contributed by atoms with Crippen LogP contribution in [0.2, 0.25) is 0 Å². The molecule has 0 spiro atoms. The molecule has 1 aromatic rings. The molecule has 0 aliphatic rings. The molecule has 84 valence electrons. The molecule has 0 radical (unpaired) electrons. The Morgan fingerprint density at radius 1 is 1.44 bits per heavy atom. The quantitative estimate of drug-likeness (QED) is 0.620. The molecule has 0 bridgehead atoms. The van der Waals surface area contributed by atoms with Crippen molar-refractivity contribution in [1.29, 1.82) is 5.26 Å². The van der Waals surface area contributed by atoms with Gasteiger partial charge in [0.25, 0.3) is 5.91 Å².